The van der Waals surface area contributed by atoms with Gasteiger partial charge in [0.15, 0.2) is 0 Å². The second-order valence-corrected chi connectivity index (χ2v) is 4.27. The van der Waals surface area contributed by atoms with Gasteiger partial charge in [0.2, 0.25) is 5.91 Å². The first-order valence-corrected chi connectivity index (χ1v) is 5.93. The van der Waals surface area contributed by atoms with Crippen molar-refractivity contribution in [2.45, 2.75) is 25.8 Å². The number of thioether (sulfide) groups is 1. The Morgan fingerprint density at radius 1 is 1.69 bits per heavy atom. The zero-order chi connectivity index (χ0) is 9.52. The summed E-state index contributed by atoms with van der Waals surface area (Å²) < 4.78 is 5.02. The van der Waals surface area contributed by atoms with Crippen molar-refractivity contribution in [2.24, 2.45) is 0 Å². The van der Waals surface area contributed by atoms with E-state index in [1.807, 2.05) is 18.7 Å². The molecule has 1 aliphatic heterocycles. The van der Waals surface area contributed by atoms with Crippen LogP contribution in [-0.2, 0) is 9.53 Å². The molecule has 1 aliphatic rings. The Morgan fingerprint density at radius 2 is 2.54 bits per heavy atom. The van der Waals surface area contributed by atoms with Crippen molar-refractivity contribution in [3.05, 3.63) is 0 Å². The number of ether oxygens (including phenoxy) is 1. The summed E-state index contributed by atoms with van der Waals surface area (Å²) in [5.74, 6) is 2.31. The summed E-state index contributed by atoms with van der Waals surface area (Å²) in [5.41, 5.74) is 0. The molecule has 1 fully saturated rings. The first-order chi connectivity index (χ1) is 6.33. The Bertz CT molecular complexity index is 158. The lowest BCUT2D eigenvalue weighted by Gasteiger charge is -2.22. The molecule has 0 radical (unpaired) electrons. The topological polar surface area (TPSA) is 38.3 Å². The highest BCUT2D eigenvalue weighted by molar-refractivity contribution is 7.99. The molecule has 1 unspecified atom stereocenters. The molecule has 76 valence electrons. The molecule has 3 nitrogen and oxygen atoms in total. The molecule has 1 atom stereocenters. The third-order valence-electron chi connectivity index (χ3n) is 1.96. The van der Waals surface area contributed by atoms with Crippen LogP contribution in [0.25, 0.3) is 0 Å². The van der Waals surface area contributed by atoms with Gasteiger partial charge >= 0.3 is 0 Å². The average Bonchev–Trinajstić information content (AvgIpc) is 2.16. The van der Waals surface area contributed by atoms with Gasteiger partial charge in [-0.25, -0.2) is 0 Å². The highest BCUT2D eigenvalue weighted by atomic mass is 32.2. The first kappa shape index (κ1) is 10.9. The summed E-state index contributed by atoms with van der Waals surface area (Å²) in [5, 5.41) is 2.97. The second-order valence-electron chi connectivity index (χ2n) is 3.12. The lowest BCUT2D eigenvalue weighted by atomic mass is 10.2. The molecule has 1 heterocycles. The predicted molar refractivity (Wildman–Crippen MR) is 55.0 cm³/mol. The van der Waals surface area contributed by atoms with Crippen LogP contribution < -0.4 is 5.32 Å². The van der Waals surface area contributed by atoms with Gasteiger partial charge in [0.1, 0.15) is 6.61 Å². The number of carbonyl (C=O) groups excluding carboxylic acids is 1. The Hall–Kier alpha value is -0.220. The minimum atomic E-state index is 0.0225. The summed E-state index contributed by atoms with van der Waals surface area (Å²) in [6, 6.07) is 0.367. The molecule has 1 rings (SSSR count). The molecule has 0 saturated carbocycles. The Labute approximate surface area is 83.6 Å². The van der Waals surface area contributed by atoms with Crippen LogP contribution in [0, 0.1) is 0 Å². The van der Waals surface area contributed by atoms with Crippen molar-refractivity contribution >= 4 is 17.7 Å². The molecule has 13 heavy (non-hydrogen) atoms. The standard InChI is InChI=1S/C9H17NO2S/c1-2-12-6-9(11)10-8-4-3-5-13-7-8/h8H,2-7H2,1H3,(H,10,11). The number of carbonyl (C=O) groups is 1. The van der Waals surface area contributed by atoms with E-state index in [0.29, 0.717) is 12.6 Å². The fraction of sp³-hybridized carbons (Fsp3) is 0.889. The van der Waals surface area contributed by atoms with Crippen LogP contribution in [0.2, 0.25) is 0 Å². The van der Waals surface area contributed by atoms with Gasteiger partial charge in [-0.2, -0.15) is 11.8 Å². The lowest BCUT2D eigenvalue weighted by molar-refractivity contribution is -0.126. The quantitative estimate of drug-likeness (QED) is 0.742. The molecule has 1 N–H and O–H groups in total. The van der Waals surface area contributed by atoms with E-state index in [9.17, 15) is 4.79 Å². The maximum Gasteiger partial charge on any atom is 0.246 e. The molecule has 0 aromatic carbocycles. The van der Waals surface area contributed by atoms with Crippen LogP contribution in [0.4, 0.5) is 0 Å². The van der Waals surface area contributed by atoms with Gasteiger partial charge in [-0.3, -0.25) is 4.79 Å². The molecule has 0 aromatic heterocycles. The number of nitrogens with one attached hydrogen (secondary N) is 1. The Balaban J connectivity index is 2.11. The molecule has 0 aliphatic carbocycles. The fourth-order valence-electron chi connectivity index (χ4n) is 1.32. The summed E-state index contributed by atoms with van der Waals surface area (Å²) in [6.07, 6.45) is 2.33. The van der Waals surface area contributed by atoms with Crippen molar-refractivity contribution in [1.82, 2.24) is 5.32 Å². The van der Waals surface area contributed by atoms with Gasteiger partial charge in [-0.15, -0.1) is 0 Å². The Kier molecular flexibility index (Phi) is 5.23. The minimum absolute atomic E-state index is 0.0225. The van der Waals surface area contributed by atoms with Crippen molar-refractivity contribution in [3.63, 3.8) is 0 Å². The number of rotatable bonds is 4. The van der Waals surface area contributed by atoms with Crippen LogP contribution in [0.5, 0.6) is 0 Å². The average molecular weight is 203 g/mol. The summed E-state index contributed by atoms with van der Waals surface area (Å²) in [4.78, 5) is 11.2. The monoisotopic (exact) mass is 203 g/mol. The van der Waals surface area contributed by atoms with E-state index in [1.165, 1.54) is 12.2 Å². The van der Waals surface area contributed by atoms with E-state index >= 15 is 0 Å². The van der Waals surface area contributed by atoms with Crippen molar-refractivity contribution < 1.29 is 9.53 Å². The zero-order valence-electron chi connectivity index (χ0n) is 8.04. The van der Waals surface area contributed by atoms with Gasteiger partial charge in [-0.1, -0.05) is 0 Å². The number of amides is 1. The molecule has 4 heteroatoms. The van der Waals surface area contributed by atoms with Gasteiger partial charge in [0.25, 0.3) is 0 Å². The predicted octanol–water partition coefficient (Wildman–Crippen LogP) is 1.03. The first-order valence-electron chi connectivity index (χ1n) is 4.77. The van der Waals surface area contributed by atoms with E-state index in [4.69, 9.17) is 4.74 Å². The number of hydrogen-bond acceptors (Lipinski definition) is 3. The molecule has 1 saturated heterocycles. The van der Waals surface area contributed by atoms with Crippen molar-refractivity contribution in [2.75, 3.05) is 24.7 Å². The molecular weight excluding hydrogens is 186 g/mol. The van der Waals surface area contributed by atoms with Crippen LogP contribution in [0.15, 0.2) is 0 Å². The lowest BCUT2D eigenvalue weighted by Crippen LogP contribution is -2.40. The maximum absolute atomic E-state index is 11.2. The maximum atomic E-state index is 11.2. The normalized spacial score (nSPS) is 22.7. The van der Waals surface area contributed by atoms with E-state index < -0.39 is 0 Å². The van der Waals surface area contributed by atoms with E-state index in [1.54, 1.807) is 0 Å². The van der Waals surface area contributed by atoms with Gasteiger partial charge in [0, 0.05) is 18.4 Å². The Morgan fingerprint density at radius 3 is 3.15 bits per heavy atom. The molecule has 0 bridgehead atoms. The van der Waals surface area contributed by atoms with E-state index in [0.717, 1.165) is 12.2 Å². The van der Waals surface area contributed by atoms with Gasteiger partial charge in [0.05, 0.1) is 0 Å². The highest BCUT2D eigenvalue weighted by Crippen LogP contribution is 2.16. The van der Waals surface area contributed by atoms with Crippen LogP contribution >= 0.6 is 11.8 Å². The molecule has 1 amide bonds. The van der Waals surface area contributed by atoms with Crippen molar-refractivity contribution in [1.29, 1.82) is 0 Å². The summed E-state index contributed by atoms with van der Waals surface area (Å²) in [7, 11) is 0. The highest BCUT2D eigenvalue weighted by Gasteiger charge is 2.15. The second kappa shape index (κ2) is 6.27. The third kappa shape index (κ3) is 4.52. The van der Waals surface area contributed by atoms with Gasteiger partial charge < -0.3 is 10.1 Å². The smallest absolute Gasteiger partial charge is 0.246 e. The molecular formula is C9H17NO2S. The van der Waals surface area contributed by atoms with E-state index in [-0.39, 0.29) is 12.5 Å². The summed E-state index contributed by atoms with van der Waals surface area (Å²) in [6.45, 7) is 2.70. The SMILES string of the molecule is CCOCC(=O)NC1CCCSC1. The zero-order valence-corrected chi connectivity index (χ0v) is 8.86. The minimum Gasteiger partial charge on any atom is -0.372 e. The van der Waals surface area contributed by atoms with Crippen LogP contribution in [-0.4, -0.2) is 36.7 Å². The van der Waals surface area contributed by atoms with Gasteiger partial charge in [-0.05, 0) is 25.5 Å². The fourth-order valence-corrected chi connectivity index (χ4v) is 2.39. The largest absolute Gasteiger partial charge is 0.372 e. The van der Waals surface area contributed by atoms with Crippen LogP contribution in [0.1, 0.15) is 19.8 Å². The van der Waals surface area contributed by atoms with E-state index in [2.05, 4.69) is 5.32 Å². The number of hydrogen-bond donors (Lipinski definition) is 1. The van der Waals surface area contributed by atoms with Crippen molar-refractivity contribution in [3.8, 4) is 0 Å². The molecule has 0 aromatic rings. The van der Waals surface area contributed by atoms with Crippen LogP contribution in [0.3, 0.4) is 0 Å². The third-order valence-corrected chi connectivity index (χ3v) is 3.18. The molecule has 0 spiro atoms. The summed E-state index contributed by atoms with van der Waals surface area (Å²) >= 11 is 1.91.